The molecule has 98 valence electrons. The number of rotatable bonds is 2. The highest BCUT2D eigenvalue weighted by Gasteiger charge is 2.29. The highest BCUT2D eigenvalue weighted by Crippen LogP contribution is 2.16. The highest BCUT2D eigenvalue weighted by atomic mass is 35.5. The van der Waals surface area contributed by atoms with Crippen LogP contribution in [0.3, 0.4) is 0 Å². The van der Waals surface area contributed by atoms with E-state index in [1.807, 2.05) is 13.8 Å². The summed E-state index contributed by atoms with van der Waals surface area (Å²) in [4.78, 5) is 18.4. The summed E-state index contributed by atoms with van der Waals surface area (Å²) < 4.78 is 5.64. The van der Waals surface area contributed by atoms with Crippen LogP contribution in [0.4, 0.5) is 0 Å². The number of carbonyl (C=O) groups is 1. The molecule has 0 spiro atoms. The van der Waals surface area contributed by atoms with Crippen molar-refractivity contribution in [2.45, 2.75) is 26.1 Å². The standard InChI is InChI=1S/C13H17ClN2O2/c1-9-7-16(8-11(6-14)18-9)13(17)12-4-3-5-15-10(12)2/h3-5,9,11H,6-8H2,1-2H3. The molecule has 1 saturated heterocycles. The van der Waals surface area contributed by atoms with E-state index in [1.54, 1.807) is 23.2 Å². The van der Waals surface area contributed by atoms with Gasteiger partial charge in [-0.3, -0.25) is 9.78 Å². The molecule has 2 atom stereocenters. The van der Waals surface area contributed by atoms with Crippen LogP contribution in [0.15, 0.2) is 18.3 Å². The van der Waals surface area contributed by atoms with Crippen molar-refractivity contribution in [2.24, 2.45) is 0 Å². The first-order valence-corrected chi connectivity index (χ1v) is 6.57. The summed E-state index contributed by atoms with van der Waals surface area (Å²) in [5.41, 5.74) is 1.41. The number of carbonyl (C=O) groups excluding carboxylic acids is 1. The monoisotopic (exact) mass is 268 g/mol. The van der Waals surface area contributed by atoms with Gasteiger partial charge in [0.15, 0.2) is 0 Å². The van der Waals surface area contributed by atoms with Gasteiger partial charge in [-0.05, 0) is 26.0 Å². The Bertz CT molecular complexity index is 439. The summed E-state index contributed by atoms with van der Waals surface area (Å²) in [5.74, 6) is 0.408. The fourth-order valence-electron chi connectivity index (χ4n) is 2.18. The van der Waals surface area contributed by atoms with Crippen molar-refractivity contribution in [3.8, 4) is 0 Å². The van der Waals surface area contributed by atoms with Gasteiger partial charge in [0.2, 0.25) is 0 Å². The predicted molar refractivity (Wildman–Crippen MR) is 69.9 cm³/mol. The molecule has 5 heteroatoms. The van der Waals surface area contributed by atoms with Crippen molar-refractivity contribution in [1.29, 1.82) is 0 Å². The van der Waals surface area contributed by atoms with E-state index in [-0.39, 0.29) is 18.1 Å². The lowest BCUT2D eigenvalue weighted by atomic mass is 10.1. The number of halogens is 1. The molecule has 2 unspecified atom stereocenters. The molecule has 4 nitrogen and oxygen atoms in total. The molecule has 1 fully saturated rings. The summed E-state index contributed by atoms with van der Waals surface area (Å²) in [6, 6.07) is 3.59. The van der Waals surface area contributed by atoms with E-state index < -0.39 is 0 Å². The predicted octanol–water partition coefficient (Wildman–Crippen LogP) is 1.86. The number of ether oxygens (including phenoxy) is 1. The van der Waals surface area contributed by atoms with Gasteiger partial charge in [0.25, 0.3) is 5.91 Å². The minimum absolute atomic E-state index is 0.00543. The number of alkyl halides is 1. The Hall–Kier alpha value is -1.13. The molecule has 1 aromatic rings. The molecule has 0 bridgehead atoms. The van der Waals surface area contributed by atoms with Crippen molar-refractivity contribution in [3.63, 3.8) is 0 Å². The van der Waals surface area contributed by atoms with Crippen LogP contribution in [0.1, 0.15) is 23.0 Å². The Morgan fingerprint density at radius 1 is 1.61 bits per heavy atom. The molecule has 2 rings (SSSR count). The maximum absolute atomic E-state index is 12.4. The molecule has 1 amide bonds. The van der Waals surface area contributed by atoms with E-state index in [4.69, 9.17) is 16.3 Å². The van der Waals surface area contributed by atoms with Gasteiger partial charge < -0.3 is 9.64 Å². The van der Waals surface area contributed by atoms with Crippen molar-refractivity contribution in [3.05, 3.63) is 29.6 Å². The smallest absolute Gasteiger partial charge is 0.255 e. The van der Waals surface area contributed by atoms with Crippen LogP contribution in [0, 0.1) is 6.92 Å². The van der Waals surface area contributed by atoms with Crippen LogP contribution in [0.25, 0.3) is 0 Å². The SMILES string of the molecule is Cc1ncccc1C(=O)N1CC(C)OC(CCl)C1. The minimum atomic E-state index is -0.0867. The number of pyridine rings is 1. The Kier molecular flexibility index (Phi) is 4.19. The van der Waals surface area contributed by atoms with Gasteiger partial charge in [0, 0.05) is 25.0 Å². The van der Waals surface area contributed by atoms with Gasteiger partial charge in [0.05, 0.1) is 23.7 Å². The Morgan fingerprint density at radius 3 is 3.06 bits per heavy atom. The average molecular weight is 269 g/mol. The quantitative estimate of drug-likeness (QED) is 0.769. The van der Waals surface area contributed by atoms with Crippen molar-refractivity contribution < 1.29 is 9.53 Å². The van der Waals surface area contributed by atoms with Crippen LogP contribution in [0.2, 0.25) is 0 Å². The maximum atomic E-state index is 12.4. The van der Waals surface area contributed by atoms with Gasteiger partial charge in [-0.1, -0.05) is 0 Å². The zero-order chi connectivity index (χ0) is 13.1. The molecule has 0 N–H and O–H groups in total. The Labute approximate surface area is 112 Å². The first-order chi connectivity index (χ1) is 8.61. The van der Waals surface area contributed by atoms with Crippen molar-refractivity contribution >= 4 is 17.5 Å². The van der Waals surface area contributed by atoms with E-state index in [9.17, 15) is 4.79 Å². The molecule has 0 aliphatic carbocycles. The van der Waals surface area contributed by atoms with E-state index in [2.05, 4.69) is 4.98 Å². The summed E-state index contributed by atoms with van der Waals surface area (Å²) in [7, 11) is 0. The van der Waals surface area contributed by atoms with Gasteiger partial charge in [-0.25, -0.2) is 0 Å². The summed E-state index contributed by atoms with van der Waals surface area (Å²) in [6.07, 6.45) is 1.62. The number of hydrogen-bond donors (Lipinski definition) is 0. The highest BCUT2D eigenvalue weighted by molar-refractivity contribution is 6.18. The Morgan fingerprint density at radius 2 is 2.39 bits per heavy atom. The lowest BCUT2D eigenvalue weighted by Crippen LogP contribution is -2.49. The van der Waals surface area contributed by atoms with Crippen LogP contribution >= 0.6 is 11.6 Å². The zero-order valence-corrected chi connectivity index (χ0v) is 11.4. The average Bonchev–Trinajstić information content (AvgIpc) is 2.37. The van der Waals surface area contributed by atoms with Crippen LogP contribution in [-0.2, 0) is 4.74 Å². The number of amides is 1. The van der Waals surface area contributed by atoms with Gasteiger partial charge >= 0.3 is 0 Å². The van der Waals surface area contributed by atoms with Crippen molar-refractivity contribution in [1.82, 2.24) is 9.88 Å². The van der Waals surface area contributed by atoms with E-state index >= 15 is 0 Å². The summed E-state index contributed by atoms with van der Waals surface area (Å²) in [5, 5.41) is 0. The third-order valence-electron chi connectivity index (χ3n) is 3.02. The van der Waals surface area contributed by atoms with Crippen LogP contribution in [0.5, 0.6) is 0 Å². The molecule has 1 aromatic heterocycles. The number of aromatic nitrogens is 1. The normalized spacial score (nSPS) is 24.1. The third-order valence-corrected chi connectivity index (χ3v) is 3.37. The number of morpholine rings is 1. The second kappa shape index (κ2) is 5.67. The molecule has 0 saturated carbocycles. The first kappa shape index (κ1) is 13.3. The van der Waals surface area contributed by atoms with Gasteiger partial charge in [-0.2, -0.15) is 0 Å². The third kappa shape index (κ3) is 2.82. The van der Waals surface area contributed by atoms with Gasteiger partial charge in [-0.15, -0.1) is 11.6 Å². The number of nitrogens with zero attached hydrogens (tertiary/aromatic N) is 2. The number of hydrogen-bond acceptors (Lipinski definition) is 3. The molecule has 1 aliphatic heterocycles. The van der Waals surface area contributed by atoms with Crippen molar-refractivity contribution in [2.75, 3.05) is 19.0 Å². The Balaban J connectivity index is 2.16. The molecule has 0 aromatic carbocycles. The largest absolute Gasteiger partial charge is 0.370 e. The van der Waals surface area contributed by atoms with Crippen LogP contribution < -0.4 is 0 Å². The minimum Gasteiger partial charge on any atom is -0.370 e. The first-order valence-electron chi connectivity index (χ1n) is 6.04. The topological polar surface area (TPSA) is 42.4 Å². The number of aryl methyl sites for hydroxylation is 1. The van der Waals surface area contributed by atoms with E-state index in [0.717, 1.165) is 5.69 Å². The molecular formula is C13H17ClN2O2. The van der Waals surface area contributed by atoms with E-state index in [1.165, 1.54) is 0 Å². The van der Waals surface area contributed by atoms with Gasteiger partial charge in [0.1, 0.15) is 0 Å². The molecule has 1 aliphatic rings. The lowest BCUT2D eigenvalue weighted by molar-refractivity contribution is -0.0570. The fraction of sp³-hybridized carbons (Fsp3) is 0.538. The summed E-state index contributed by atoms with van der Waals surface area (Å²) in [6.45, 7) is 4.94. The second-order valence-corrected chi connectivity index (χ2v) is 4.88. The zero-order valence-electron chi connectivity index (χ0n) is 10.6. The van der Waals surface area contributed by atoms with E-state index in [0.29, 0.717) is 24.5 Å². The molecular weight excluding hydrogens is 252 g/mol. The summed E-state index contributed by atoms with van der Waals surface area (Å²) >= 11 is 5.82. The molecule has 18 heavy (non-hydrogen) atoms. The second-order valence-electron chi connectivity index (χ2n) is 4.57. The molecule has 2 heterocycles. The van der Waals surface area contributed by atoms with Crippen LogP contribution in [-0.4, -0.2) is 47.0 Å². The lowest BCUT2D eigenvalue weighted by Gasteiger charge is -2.36. The molecule has 0 radical (unpaired) electrons. The maximum Gasteiger partial charge on any atom is 0.255 e. The fourth-order valence-corrected chi connectivity index (χ4v) is 2.35.